The van der Waals surface area contributed by atoms with Crippen LogP contribution in [-0.4, -0.2) is 40.1 Å². The Bertz CT molecular complexity index is 697. The molecule has 0 saturated carbocycles. The molecule has 2 N–H and O–H groups in total. The molecule has 6 nitrogen and oxygen atoms in total. The quantitative estimate of drug-likeness (QED) is 0.608. The number of rotatable bonds is 10. The van der Waals surface area contributed by atoms with Crippen molar-refractivity contribution in [3.8, 4) is 0 Å². The number of sulfonamides is 1. The summed E-state index contributed by atoms with van der Waals surface area (Å²) in [5.41, 5.74) is 1.04. The minimum Gasteiger partial charge on any atom is -0.545 e. The Kier molecular flexibility index (Phi) is 8.05. The van der Waals surface area contributed by atoms with E-state index in [1.807, 2.05) is 6.92 Å². The molecule has 1 rings (SSSR count). The molecule has 0 aliphatic heterocycles. The van der Waals surface area contributed by atoms with Crippen LogP contribution in [-0.2, 0) is 10.0 Å². The van der Waals surface area contributed by atoms with Crippen LogP contribution < -0.4 is 14.7 Å². The number of carbonyl (C=O) groups excluding carboxylic acids is 1. The van der Waals surface area contributed by atoms with E-state index in [2.05, 4.69) is 18.6 Å². The zero-order valence-electron chi connectivity index (χ0n) is 15.8. The standard InChI is InChI=1S/C18H30N2O4S/c1-6-20(7-2)10-8-9-14(4)19-25(23,24)17-12-16(18(21)22)11-13(3)15(17)5/h11-12,14,19H,6-10H2,1-5H3,(H,21,22)/t14-/m1/s1. The van der Waals surface area contributed by atoms with Crippen LogP contribution in [0.25, 0.3) is 0 Å². The van der Waals surface area contributed by atoms with E-state index in [0.29, 0.717) is 11.1 Å². The second kappa shape index (κ2) is 9.31. The molecular formula is C18H30N2O4S. The molecule has 0 aliphatic carbocycles. The zero-order valence-corrected chi connectivity index (χ0v) is 16.6. The van der Waals surface area contributed by atoms with Gasteiger partial charge in [0.25, 0.3) is 0 Å². The van der Waals surface area contributed by atoms with Gasteiger partial charge in [-0.15, -0.1) is 0 Å². The molecule has 1 aromatic rings. The van der Waals surface area contributed by atoms with Crippen molar-refractivity contribution in [3.05, 3.63) is 28.8 Å². The van der Waals surface area contributed by atoms with Gasteiger partial charge in [0, 0.05) is 6.04 Å². The summed E-state index contributed by atoms with van der Waals surface area (Å²) in [6.07, 6.45) is 1.67. The van der Waals surface area contributed by atoms with E-state index in [-0.39, 0.29) is 16.5 Å². The van der Waals surface area contributed by atoms with Crippen molar-refractivity contribution in [2.24, 2.45) is 0 Å². The maximum atomic E-state index is 12.7. The number of hydrogen-bond acceptors (Lipinski definition) is 4. The summed E-state index contributed by atoms with van der Waals surface area (Å²) in [5.74, 6) is -1.38. The van der Waals surface area contributed by atoms with Crippen LogP contribution in [0, 0.1) is 13.8 Å². The first-order chi connectivity index (χ1) is 11.6. The highest BCUT2D eigenvalue weighted by Crippen LogP contribution is 2.21. The zero-order chi connectivity index (χ0) is 19.2. The summed E-state index contributed by atoms with van der Waals surface area (Å²) in [7, 11) is -3.78. The molecule has 0 bridgehead atoms. The first-order valence-electron chi connectivity index (χ1n) is 8.80. The van der Waals surface area contributed by atoms with Gasteiger partial charge in [-0.1, -0.05) is 0 Å². The normalized spacial score (nSPS) is 13.2. The minimum absolute atomic E-state index is 0.00733. The molecule has 0 aliphatic rings. The lowest BCUT2D eigenvalue weighted by atomic mass is 10.1. The van der Waals surface area contributed by atoms with Gasteiger partial charge in [-0.05, 0) is 76.3 Å². The Morgan fingerprint density at radius 2 is 1.84 bits per heavy atom. The topological polar surface area (TPSA) is 90.7 Å². The molecule has 1 aromatic carbocycles. The van der Waals surface area contributed by atoms with Crippen LogP contribution in [0.1, 0.15) is 55.1 Å². The van der Waals surface area contributed by atoms with Crippen LogP contribution in [0.3, 0.4) is 0 Å². The van der Waals surface area contributed by atoms with E-state index in [1.165, 1.54) is 17.0 Å². The van der Waals surface area contributed by atoms with Crippen molar-refractivity contribution in [1.29, 1.82) is 0 Å². The molecule has 0 radical (unpaired) electrons. The number of carboxylic acid groups (broad SMARTS) is 1. The third-order valence-corrected chi connectivity index (χ3v) is 6.38. The number of aryl methyl sites for hydroxylation is 1. The maximum Gasteiger partial charge on any atom is 0.241 e. The fraction of sp³-hybridized carbons (Fsp3) is 0.611. The Balaban J connectivity index is 2.86. The maximum absolute atomic E-state index is 12.7. The van der Waals surface area contributed by atoms with Gasteiger partial charge in [0.1, 0.15) is 0 Å². The summed E-state index contributed by atoms with van der Waals surface area (Å²) in [5, 5.41) is 11.1. The minimum atomic E-state index is -3.78. The van der Waals surface area contributed by atoms with E-state index < -0.39 is 16.0 Å². The molecule has 0 saturated heterocycles. The van der Waals surface area contributed by atoms with Crippen LogP contribution >= 0.6 is 0 Å². The molecule has 25 heavy (non-hydrogen) atoms. The number of hydrogen-bond donors (Lipinski definition) is 2. The number of aromatic carboxylic acids is 1. The predicted octanol–water partition coefficient (Wildman–Crippen LogP) is 0.0386. The van der Waals surface area contributed by atoms with Crippen molar-refractivity contribution in [3.63, 3.8) is 0 Å². The SMILES string of the molecule is CC[NH+](CC)CCC[C@@H](C)NS(=O)(=O)c1cc(C(=O)[O-])cc(C)c1C. The first kappa shape index (κ1) is 21.6. The van der Waals surface area contributed by atoms with Crippen molar-refractivity contribution in [2.45, 2.75) is 58.4 Å². The van der Waals surface area contributed by atoms with Gasteiger partial charge in [0.2, 0.25) is 10.0 Å². The lowest BCUT2D eigenvalue weighted by Crippen LogP contribution is -3.11. The number of carbonyl (C=O) groups is 1. The lowest BCUT2D eigenvalue weighted by molar-refractivity contribution is -0.896. The van der Waals surface area contributed by atoms with Gasteiger partial charge in [0.05, 0.1) is 30.5 Å². The summed E-state index contributed by atoms with van der Waals surface area (Å²) in [6, 6.07) is 2.39. The Morgan fingerprint density at radius 1 is 1.24 bits per heavy atom. The van der Waals surface area contributed by atoms with Gasteiger partial charge in [0.15, 0.2) is 0 Å². The Hall–Kier alpha value is -1.44. The second-order valence-electron chi connectivity index (χ2n) is 6.58. The highest BCUT2D eigenvalue weighted by Gasteiger charge is 2.21. The molecule has 7 heteroatoms. The molecule has 0 spiro atoms. The van der Waals surface area contributed by atoms with E-state index in [9.17, 15) is 18.3 Å². The second-order valence-corrected chi connectivity index (χ2v) is 8.26. The van der Waals surface area contributed by atoms with Crippen molar-refractivity contribution >= 4 is 16.0 Å². The molecule has 0 aromatic heterocycles. The predicted molar refractivity (Wildman–Crippen MR) is 96.2 cm³/mol. The fourth-order valence-electron chi connectivity index (χ4n) is 2.87. The van der Waals surface area contributed by atoms with Gasteiger partial charge < -0.3 is 14.8 Å². The van der Waals surface area contributed by atoms with Crippen molar-refractivity contribution in [2.75, 3.05) is 19.6 Å². The highest BCUT2D eigenvalue weighted by molar-refractivity contribution is 7.89. The van der Waals surface area contributed by atoms with Crippen molar-refractivity contribution in [1.82, 2.24) is 4.72 Å². The van der Waals surface area contributed by atoms with E-state index in [4.69, 9.17) is 0 Å². The monoisotopic (exact) mass is 370 g/mol. The summed E-state index contributed by atoms with van der Waals surface area (Å²) < 4.78 is 28.0. The van der Waals surface area contributed by atoms with Crippen molar-refractivity contribution < 1.29 is 23.2 Å². The number of carboxylic acids is 1. The average molecular weight is 371 g/mol. The van der Waals surface area contributed by atoms with Crippen LogP contribution in [0.5, 0.6) is 0 Å². The molecule has 142 valence electrons. The van der Waals surface area contributed by atoms with E-state index in [0.717, 1.165) is 32.5 Å². The third-order valence-electron chi connectivity index (χ3n) is 4.67. The Morgan fingerprint density at radius 3 is 2.36 bits per heavy atom. The summed E-state index contributed by atoms with van der Waals surface area (Å²) >= 11 is 0. The lowest BCUT2D eigenvalue weighted by Gasteiger charge is -2.19. The smallest absolute Gasteiger partial charge is 0.241 e. The molecule has 0 amide bonds. The molecule has 0 fully saturated rings. The number of nitrogens with one attached hydrogen (secondary N) is 2. The fourth-order valence-corrected chi connectivity index (χ4v) is 4.49. The van der Waals surface area contributed by atoms with Gasteiger partial charge >= 0.3 is 0 Å². The first-order valence-corrected chi connectivity index (χ1v) is 10.3. The van der Waals surface area contributed by atoms with Gasteiger partial charge in [-0.2, -0.15) is 0 Å². The van der Waals surface area contributed by atoms with Gasteiger partial charge in [-0.25, -0.2) is 13.1 Å². The number of benzene rings is 1. The van der Waals surface area contributed by atoms with Crippen LogP contribution in [0.15, 0.2) is 17.0 Å². The Labute approximate surface area is 151 Å². The third kappa shape index (κ3) is 6.09. The van der Waals surface area contributed by atoms with E-state index in [1.54, 1.807) is 13.8 Å². The van der Waals surface area contributed by atoms with E-state index >= 15 is 0 Å². The molecular weight excluding hydrogens is 340 g/mol. The summed E-state index contributed by atoms with van der Waals surface area (Å²) in [6.45, 7) is 12.6. The van der Waals surface area contributed by atoms with Crippen LogP contribution in [0.2, 0.25) is 0 Å². The molecule has 0 unspecified atom stereocenters. The summed E-state index contributed by atoms with van der Waals surface area (Å²) in [4.78, 5) is 12.6. The molecule has 0 heterocycles. The highest BCUT2D eigenvalue weighted by atomic mass is 32.2. The molecule has 1 atom stereocenters. The van der Waals surface area contributed by atoms with Gasteiger partial charge in [-0.3, -0.25) is 0 Å². The number of quaternary nitrogens is 1. The largest absolute Gasteiger partial charge is 0.545 e. The van der Waals surface area contributed by atoms with Crippen LogP contribution in [0.4, 0.5) is 0 Å². The average Bonchev–Trinajstić information content (AvgIpc) is 2.53.